The SMILES string of the molecule is O=C(Oc1ccc(Cl)cc1)[C@@H]1CCOC1. The van der Waals surface area contributed by atoms with E-state index in [1.807, 2.05) is 0 Å². The van der Waals surface area contributed by atoms with Crippen molar-refractivity contribution in [3.8, 4) is 5.75 Å². The van der Waals surface area contributed by atoms with Crippen molar-refractivity contribution < 1.29 is 14.3 Å². The summed E-state index contributed by atoms with van der Waals surface area (Å²) in [5.74, 6) is 0.173. The van der Waals surface area contributed by atoms with E-state index < -0.39 is 0 Å². The molecule has 15 heavy (non-hydrogen) atoms. The van der Waals surface area contributed by atoms with Crippen LogP contribution in [0.3, 0.4) is 0 Å². The van der Waals surface area contributed by atoms with E-state index in [1.165, 1.54) is 0 Å². The van der Waals surface area contributed by atoms with Crippen LogP contribution in [0.1, 0.15) is 6.42 Å². The van der Waals surface area contributed by atoms with Gasteiger partial charge in [-0.15, -0.1) is 0 Å². The van der Waals surface area contributed by atoms with Crippen molar-refractivity contribution in [2.75, 3.05) is 13.2 Å². The molecule has 1 aliphatic heterocycles. The number of hydrogen-bond acceptors (Lipinski definition) is 3. The molecule has 1 aromatic rings. The lowest BCUT2D eigenvalue weighted by atomic mass is 10.1. The third-order valence-corrected chi connectivity index (χ3v) is 2.55. The maximum Gasteiger partial charge on any atom is 0.316 e. The highest BCUT2D eigenvalue weighted by molar-refractivity contribution is 6.30. The van der Waals surface area contributed by atoms with E-state index in [0.717, 1.165) is 6.42 Å². The van der Waals surface area contributed by atoms with Gasteiger partial charge in [0, 0.05) is 11.6 Å². The molecule has 0 spiro atoms. The van der Waals surface area contributed by atoms with Crippen LogP contribution in [0, 0.1) is 5.92 Å². The lowest BCUT2D eigenvalue weighted by Crippen LogP contribution is -2.20. The summed E-state index contributed by atoms with van der Waals surface area (Å²) in [6.45, 7) is 1.10. The Morgan fingerprint density at radius 2 is 2.13 bits per heavy atom. The number of esters is 1. The van der Waals surface area contributed by atoms with E-state index in [1.54, 1.807) is 24.3 Å². The Kier molecular flexibility index (Phi) is 3.23. The van der Waals surface area contributed by atoms with Gasteiger partial charge >= 0.3 is 5.97 Å². The van der Waals surface area contributed by atoms with Crippen LogP contribution in [0.25, 0.3) is 0 Å². The first-order valence-electron chi connectivity index (χ1n) is 4.81. The number of carbonyl (C=O) groups excluding carboxylic acids is 1. The van der Waals surface area contributed by atoms with Crippen molar-refractivity contribution in [3.05, 3.63) is 29.3 Å². The first-order valence-corrected chi connectivity index (χ1v) is 5.18. The molecule has 2 rings (SSSR count). The van der Waals surface area contributed by atoms with Crippen molar-refractivity contribution in [2.24, 2.45) is 5.92 Å². The number of rotatable bonds is 2. The molecule has 0 unspecified atom stereocenters. The summed E-state index contributed by atoms with van der Waals surface area (Å²) < 4.78 is 10.3. The predicted octanol–water partition coefficient (Wildman–Crippen LogP) is 2.28. The molecule has 1 aliphatic rings. The number of carbonyl (C=O) groups is 1. The third kappa shape index (κ3) is 2.70. The van der Waals surface area contributed by atoms with Crippen molar-refractivity contribution in [1.29, 1.82) is 0 Å². The molecule has 1 heterocycles. The molecule has 0 amide bonds. The minimum Gasteiger partial charge on any atom is -0.426 e. The summed E-state index contributed by atoms with van der Waals surface area (Å²) in [7, 11) is 0. The van der Waals surface area contributed by atoms with Crippen LogP contribution in [-0.4, -0.2) is 19.2 Å². The van der Waals surface area contributed by atoms with E-state index in [0.29, 0.717) is 24.0 Å². The maximum absolute atomic E-state index is 11.6. The van der Waals surface area contributed by atoms with Gasteiger partial charge in [0.2, 0.25) is 0 Å². The van der Waals surface area contributed by atoms with Crippen molar-refractivity contribution >= 4 is 17.6 Å². The first-order chi connectivity index (χ1) is 7.25. The number of ether oxygens (including phenoxy) is 2. The summed E-state index contributed by atoms with van der Waals surface area (Å²) in [5, 5.41) is 0.624. The smallest absolute Gasteiger partial charge is 0.316 e. The van der Waals surface area contributed by atoms with Crippen LogP contribution in [0.15, 0.2) is 24.3 Å². The molecule has 3 nitrogen and oxygen atoms in total. The standard InChI is InChI=1S/C11H11ClO3/c12-9-1-3-10(4-2-9)15-11(13)8-5-6-14-7-8/h1-4,8H,5-7H2/t8-/m1/s1. The fourth-order valence-electron chi connectivity index (χ4n) is 1.42. The van der Waals surface area contributed by atoms with E-state index in [-0.39, 0.29) is 11.9 Å². The van der Waals surface area contributed by atoms with E-state index >= 15 is 0 Å². The lowest BCUT2D eigenvalue weighted by molar-refractivity contribution is -0.138. The highest BCUT2D eigenvalue weighted by Gasteiger charge is 2.25. The van der Waals surface area contributed by atoms with E-state index in [9.17, 15) is 4.79 Å². The molecule has 0 N–H and O–H groups in total. The minimum atomic E-state index is -0.227. The van der Waals surface area contributed by atoms with Gasteiger partial charge in [-0.1, -0.05) is 11.6 Å². The Labute approximate surface area is 92.9 Å². The number of halogens is 1. The zero-order valence-electron chi connectivity index (χ0n) is 8.11. The summed E-state index contributed by atoms with van der Waals surface area (Å²) in [4.78, 5) is 11.6. The largest absolute Gasteiger partial charge is 0.426 e. The molecule has 0 aliphatic carbocycles. The monoisotopic (exact) mass is 226 g/mol. The molecule has 0 bridgehead atoms. The van der Waals surface area contributed by atoms with Crippen LogP contribution in [0.2, 0.25) is 5.02 Å². The molecule has 1 fully saturated rings. The predicted molar refractivity (Wildman–Crippen MR) is 56.0 cm³/mol. The highest BCUT2D eigenvalue weighted by Crippen LogP contribution is 2.19. The van der Waals surface area contributed by atoms with Crippen LogP contribution in [0.4, 0.5) is 0 Å². The fraction of sp³-hybridized carbons (Fsp3) is 0.364. The van der Waals surface area contributed by atoms with Gasteiger partial charge in [0.05, 0.1) is 12.5 Å². The molecule has 0 saturated carbocycles. The van der Waals surface area contributed by atoms with Crippen LogP contribution in [-0.2, 0) is 9.53 Å². The summed E-state index contributed by atoms with van der Waals surface area (Å²) >= 11 is 5.71. The van der Waals surface area contributed by atoms with Crippen LogP contribution < -0.4 is 4.74 Å². The molecule has 0 aromatic heterocycles. The minimum absolute atomic E-state index is 0.124. The second-order valence-corrected chi connectivity index (χ2v) is 3.87. The molecule has 1 saturated heterocycles. The molecule has 1 aromatic carbocycles. The lowest BCUT2D eigenvalue weighted by Gasteiger charge is -2.07. The average Bonchev–Trinajstić information content (AvgIpc) is 2.74. The number of benzene rings is 1. The Bertz CT molecular complexity index is 341. The van der Waals surface area contributed by atoms with Gasteiger partial charge in [-0.3, -0.25) is 4.79 Å². The third-order valence-electron chi connectivity index (χ3n) is 2.30. The second-order valence-electron chi connectivity index (χ2n) is 3.44. The summed E-state index contributed by atoms with van der Waals surface area (Å²) in [6, 6.07) is 6.73. The summed E-state index contributed by atoms with van der Waals surface area (Å²) in [6.07, 6.45) is 0.742. The Morgan fingerprint density at radius 1 is 1.40 bits per heavy atom. The van der Waals surface area contributed by atoms with Gasteiger partial charge in [0.1, 0.15) is 5.75 Å². The zero-order chi connectivity index (χ0) is 10.7. The fourth-order valence-corrected chi connectivity index (χ4v) is 1.55. The Morgan fingerprint density at radius 3 is 2.73 bits per heavy atom. The van der Waals surface area contributed by atoms with Gasteiger partial charge in [-0.2, -0.15) is 0 Å². The maximum atomic E-state index is 11.6. The molecular formula is C11H11ClO3. The molecular weight excluding hydrogens is 216 g/mol. The van der Waals surface area contributed by atoms with Gasteiger partial charge in [0.15, 0.2) is 0 Å². The molecule has 0 radical (unpaired) electrons. The van der Waals surface area contributed by atoms with E-state index in [2.05, 4.69) is 0 Å². The highest BCUT2D eigenvalue weighted by atomic mass is 35.5. The Hall–Kier alpha value is -1.06. The second kappa shape index (κ2) is 4.64. The van der Waals surface area contributed by atoms with E-state index in [4.69, 9.17) is 21.1 Å². The van der Waals surface area contributed by atoms with Crippen molar-refractivity contribution in [1.82, 2.24) is 0 Å². The quantitative estimate of drug-likeness (QED) is 0.573. The number of hydrogen-bond donors (Lipinski definition) is 0. The van der Waals surface area contributed by atoms with Gasteiger partial charge in [0.25, 0.3) is 0 Å². The van der Waals surface area contributed by atoms with Gasteiger partial charge < -0.3 is 9.47 Å². The van der Waals surface area contributed by atoms with Crippen LogP contribution in [0.5, 0.6) is 5.75 Å². The molecule has 4 heteroatoms. The summed E-state index contributed by atoms with van der Waals surface area (Å²) in [5.41, 5.74) is 0. The Balaban J connectivity index is 1.96. The molecule has 1 atom stereocenters. The zero-order valence-corrected chi connectivity index (χ0v) is 8.87. The van der Waals surface area contributed by atoms with Gasteiger partial charge in [-0.05, 0) is 30.7 Å². The topological polar surface area (TPSA) is 35.5 Å². The molecule has 80 valence electrons. The average molecular weight is 227 g/mol. The first kappa shape index (κ1) is 10.5. The van der Waals surface area contributed by atoms with Crippen LogP contribution >= 0.6 is 11.6 Å². The van der Waals surface area contributed by atoms with Crippen molar-refractivity contribution in [2.45, 2.75) is 6.42 Å². The van der Waals surface area contributed by atoms with Gasteiger partial charge in [-0.25, -0.2) is 0 Å². The van der Waals surface area contributed by atoms with Crippen molar-refractivity contribution in [3.63, 3.8) is 0 Å². The normalized spacial score (nSPS) is 20.2.